The van der Waals surface area contributed by atoms with Crippen LogP contribution >= 0.6 is 0 Å². The third-order valence-corrected chi connectivity index (χ3v) is 3.05. The van der Waals surface area contributed by atoms with Gasteiger partial charge in [-0.1, -0.05) is 6.92 Å². The Morgan fingerprint density at radius 1 is 1.47 bits per heavy atom. The molecule has 7 heteroatoms. The average molecular weight is 264 g/mol. The fourth-order valence-corrected chi connectivity index (χ4v) is 2.14. The minimum Gasteiger partial charge on any atom is -0.369 e. The van der Waals surface area contributed by atoms with E-state index < -0.39 is 0 Å². The maximum Gasteiger partial charge on any atom is 0.221 e. The zero-order chi connectivity index (χ0) is 14.0. The summed E-state index contributed by atoms with van der Waals surface area (Å²) in [5.41, 5.74) is 8.41. The van der Waals surface area contributed by atoms with Crippen LogP contribution in [0.4, 0.5) is 5.95 Å². The second kappa shape index (κ2) is 5.29. The number of rotatable bonds is 5. The second-order valence-corrected chi connectivity index (χ2v) is 4.60. The Morgan fingerprint density at radius 2 is 2.21 bits per heavy atom. The molecule has 0 unspecified atom stereocenters. The van der Waals surface area contributed by atoms with Crippen LogP contribution in [0.25, 0.3) is 11.2 Å². The van der Waals surface area contributed by atoms with Crippen LogP contribution in [0.5, 0.6) is 0 Å². The van der Waals surface area contributed by atoms with E-state index in [0.717, 1.165) is 23.3 Å². The van der Waals surface area contributed by atoms with E-state index in [4.69, 9.17) is 5.73 Å². The number of aromatic nitrogens is 4. The van der Waals surface area contributed by atoms with E-state index in [-0.39, 0.29) is 5.91 Å². The van der Waals surface area contributed by atoms with Gasteiger partial charge in [-0.05, 0) is 13.3 Å². The fraction of sp³-hybridized carbons (Fsp3) is 0.583. The quantitative estimate of drug-likeness (QED) is 0.826. The van der Waals surface area contributed by atoms with E-state index in [0.29, 0.717) is 25.5 Å². The number of hydrogen-bond acceptors (Lipinski definition) is 4. The summed E-state index contributed by atoms with van der Waals surface area (Å²) in [6.45, 7) is 5.14. The molecule has 0 radical (unpaired) electrons. The molecular formula is C12H20N6O. The molecule has 104 valence electrons. The monoisotopic (exact) mass is 264 g/mol. The average Bonchev–Trinajstić information content (AvgIpc) is 2.83. The molecule has 0 spiro atoms. The number of carbonyl (C=O) groups excluding carboxylic acids is 1. The Kier molecular flexibility index (Phi) is 3.73. The van der Waals surface area contributed by atoms with Crippen LogP contribution < -0.4 is 11.1 Å². The van der Waals surface area contributed by atoms with Gasteiger partial charge in [0.05, 0.1) is 5.69 Å². The third kappa shape index (κ3) is 2.54. The standard InChI is InChI=1S/C12H20N6O/c1-4-6-14-9(19)5-7-18-11-10(15-12(18)13)8(2)16-17(11)3/h4-7H2,1-3H3,(H2,13,15)(H,14,19). The number of nitrogens with zero attached hydrogens (tertiary/aromatic N) is 4. The lowest BCUT2D eigenvalue weighted by atomic mass is 10.3. The topological polar surface area (TPSA) is 90.8 Å². The molecule has 0 bridgehead atoms. The van der Waals surface area contributed by atoms with E-state index >= 15 is 0 Å². The highest BCUT2D eigenvalue weighted by atomic mass is 16.1. The molecule has 2 aromatic rings. The van der Waals surface area contributed by atoms with Gasteiger partial charge >= 0.3 is 0 Å². The van der Waals surface area contributed by atoms with Crippen LogP contribution in [0.1, 0.15) is 25.5 Å². The van der Waals surface area contributed by atoms with E-state index in [9.17, 15) is 4.79 Å². The van der Waals surface area contributed by atoms with Gasteiger partial charge in [0.25, 0.3) is 0 Å². The number of hydrogen-bond donors (Lipinski definition) is 2. The maximum atomic E-state index is 11.6. The number of amides is 1. The van der Waals surface area contributed by atoms with Crippen LogP contribution in [-0.4, -0.2) is 31.8 Å². The normalized spacial score (nSPS) is 11.1. The number of nitrogen functional groups attached to an aromatic ring is 1. The van der Waals surface area contributed by atoms with Crippen molar-refractivity contribution in [1.82, 2.24) is 24.6 Å². The Hall–Kier alpha value is -2.05. The van der Waals surface area contributed by atoms with Crippen LogP contribution in [-0.2, 0) is 18.4 Å². The summed E-state index contributed by atoms with van der Waals surface area (Å²) in [6.07, 6.45) is 1.32. The number of nitrogens with one attached hydrogen (secondary N) is 1. The first-order valence-electron chi connectivity index (χ1n) is 6.46. The number of aryl methyl sites for hydroxylation is 3. The molecule has 2 aromatic heterocycles. The number of fused-ring (bicyclic) bond motifs is 1. The molecule has 0 aromatic carbocycles. The molecule has 0 saturated heterocycles. The highest BCUT2D eigenvalue weighted by Gasteiger charge is 2.16. The predicted molar refractivity (Wildman–Crippen MR) is 73.6 cm³/mol. The molecule has 1 amide bonds. The van der Waals surface area contributed by atoms with E-state index in [2.05, 4.69) is 15.4 Å². The maximum absolute atomic E-state index is 11.6. The van der Waals surface area contributed by atoms with Gasteiger partial charge < -0.3 is 11.1 Å². The molecule has 0 aliphatic carbocycles. The smallest absolute Gasteiger partial charge is 0.221 e. The van der Waals surface area contributed by atoms with Crippen LogP contribution in [0.15, 0.2) is 0 Å². The molecule has 0 saturated carbocycles. The highest BCUT2D eigenvalue weighted by Crippen LogP contribution is 2.20. The lowest BCUT2D eigenvalue weighted by molar-refractivity contribution is -0.121. The number of carbonyl (C=O) groups is 1. The van der Waals surface area contributed by atoms with Gasteiger partial charge in [0.15, 0.2) is 5.65 Å². The molecule has 0 aliphatic rings. The van der Waals surface area contributed by atoms with Crippen LogP contribution in [0, 0.1) is 6.92 Å². The Morgan fingerprint density at radius 3 is 2.89 bits per heavy atom. The first-order chi connectivity index (χ1) is 9.04. The Balaban J connectivity index is 2.16. The SMILES string of the molecule is CCCNC(=O)CCn1c(N)nc2c(C)nn(C)c21. The van der Waals surface area contributed by atoms with Crippen LogP contribution in [0.2, 0.25) is 0 Å². The first-order valence-corrected chi connectivity index (χ1v) is 6.46. The third-order valence-electron chi connectivity index (χ3n) is 3.05. The van der Waals surface area contributed by atoms with Crippen molar-refractivity contribution in [2.24, 2.45) is 7.05 Å². The predicted octanol–water partition coefficient (Wildman–Crippen LogP) is 0.577. The molecular weight excluding hydrogens is 244 g/mol. The summed E-state index contributed by atoms with van der Waals surface area (Å²) >= 11 is 0. The Labute approximate surface area is 111 Å². The lowest BCUT2D eigenvalue weighted by Crippen LogP contribution is -2.25. The lowest BCUT2D eigenvalue weighted by Gasteiger charge is -2.07. The van der Waals surface area contributed by atoms with Gasteiger partial charge in [-0.25, -0.2) is 4.98 Å². The highest BCUT2D eigenvalue weighted by molar-refractivity contribution is 5.79. The number of nitrogens with two attached hydrogens (primary N) is 1. The largest absolute Gasteiger partial charge is 0.369 e. The van der Waals surface area contributed by atoms with Gasteiger partial charge in [0, 0.05) is 26.6 Å². The molecule has 0 atom stereocenters. The minimum atomic E-state index is 0.0296. The molecule has 3 N–H and O–H groups in total. The van der Waals surface area contributed by atoms with Gasteiger partial charge in [-0.2, -0.15) is 5.10 Å². The summed E-state index contributed by atoms with van der Waals surface area (Å²) in [5, 5.41) is 7.15. The van der Waals surface area contributed by atoms with Crippen molar-refractivity contribution in [1.29, 1.82) is 0 Å². The summed E-state index contributed by atoms with van der Waals surface area (Å²) in [6, 6.07) is 0. The molecule has 0 aliphatic heterocycles. The molecule has 0 fully saturated rings. The molecule has 19 heavy (non-hydrogen) atoms. The fourth-order valence-electron chi connectivity index (χ4n) is 2.14. The van der Waals surface area contributed by atoms with Crippen molar-refractivity contribution in [3.63, 3.8) is 0 Å². The number of anilines is 1. The number of imidazole rings is 1. The van der Waals surface area contributed by atoms with E-state index in [1.165, 1.54) is 0 Å². The van der Waals surface area contributed by atoms with Gasteiger partial charge in [-0.3, -0.25) is 14.0 Å². The second-order valence-electron chi connectivity index (χ2n) is 4.60. The van der Waals surface area contributed by atoms with E-state index in [1.807, 2.05) is 25.5 Å². The summed E-state index contributed by atoms with van der Waals surface area (Å²) < 4.78 is 3.58. The van der Waals surface area contributed by atoms with Gasteiger partial charge in [0.1, 0.15) is 5.52 Å². The molecule has 2 rings (SSSR count). The van der Waals surface area contributed by atoms with Crippen molar-refractivity contribution >= 4 is 23.0 Å². The zero-order valence-electron chi connectivity index (χ0n) is 11.6. The summed E-state index contributed by atoms with van der Waals surface area (Å²) in [5.74, 6) is 0.455. The summed E-state index contributed by atoms with van der Waals surface area (Å²) in [4.78, 5) is 15.9. The van der Waals surface area contributed by atoms with Crippen molar-refractivity contribution in [2.45, 2.75) is 33.2 Å². The van der Waals surface area contributed by atoms with Crippen molar-refractivity contribution in [2.75, 3.05) is 12.3 Å². The van der Waals surface area contributed by atoms with Crippen molar-refractivity contribution in [3.8, 4) is 0 Å². The van der Waals surface area contributed by atoms with Crippen molar-refractivity contribution < 1.29 is 4.79 Å². The molecule has 2 heterocycles. The summed E-state index contributed by atoms with van der Waals surface area (Å²) in [7, 11) is 1.85. The van der Waals surface area contributed by atoms with E-state index in [1.54, 1.807) is 4.68 Å². The van der Waals surface area contributed by atoms with Gasteiger partial charge in [0.2, 0.25) is 11.9 Å². The first kappa shape index (κ1) is 13.4. The molecule has 7 nitrogen and oxygen atoms in total. The van der Waals surface area contributed by atoms with Crippen molar-refractivity contribution in [3.05, 3.63) is 5.69 Å². The zero-order valence-corrected chi connectivity index (χ0v) is 11.6. The minimum absolute atomic E-state index is 0.0296. The van der Waals surface area contributed by atoms with Crippen LogP contribution in [0.3, 0.4) is 0 Å². The van der Waals surface area contributed by atoms with Gasteiger partial charge in [-0.15, -0.1) is 0 Å². The Bertz CT molecular complexity index is 597.